The van der Waals surface area contributed by atoms with Gasteiger partial charge in [-0.05, 0) is 0 Å². The standard InChI is InChI=1S/NO3.H2O/c2-1(3)4;/h;1H2/q-1;. The van der Waals surface area contributed by atoms with E-state index in [1.807, 2.05) is 0 Å². The van der Waals surface area contributed by atoms with Crippen molar-refractivity contribution in [3.63, 3.8) is 0 Å². The molecular formula is H2NO4-. The maximum Gasteiger partial charge on any atom is 0.0689 e. The Morgan fingerprint density at radius 1 is 1.40 bits per heavy atom. The Hall–Kier alpha value is -0.840. The third-order valence-electron chi connectivity index (χ3n) is 0. The van der Waals surface area contributed by atoms with Crippen LogP contribution in [0.2, 0.25) is 0 Å². The molecule has 5 heavy (non-hydrogen) atoms. The van der Waals surface area contributed by atoms with Gasteiger partial charge in [0, 0.05) is 0 Å². The summed E-state index contributed by atoms with van der Waals surface area (Å²) in [5, 5.41) is 14.8. The first-order valence-corrected chi connectivity index (χ1v) is 0.548. The van der Waals surface area contributed by atoms with Crippen LogP contribution in [0.5, 0.6) is 0 Å². The molecular weight excluding hydrogens is 78.0 g/mol. The van der Waals surface area contributed by atoms with Crippen LogP contribution in [0.15, 0.2) is 0 Å². The van der Waals surface area contributed by atoms with E-state index in [0.717, 1.165) is 0 Å². The molecule has 0 spiro atoms. The Morgan fingerprint density at radius 3 is 1.40 bits per heavy atom. The van der Waals surface area contributed by atoms with E-state index < -0.39 is 5.09 Å². The molecule has 0 atom stereocenters. The van der Waals surface area contributed by atoms with Crippen LogP contribution in [0.25, 0.3) is 0 Å². The molecule has 0 amide bonds. The van der Waals surface area contributed by atoms with Gasteiger partial charge in [0.15, 0.2) is 0 Å². The average molecular weight is 80.0 g/mol. The van der Waals surface area contributed by atoms with E-state index in [2.05, 4.69) is 0 Å². The first kappa shape index (κ1) is 8.90. The monoisotopic (exact) mass is 80.0 g/mol. The third-order valence-corrected chi connectivity index (χ3v) is 0. The van der Waals surface area contributed by atoms with Crippen molar-refractivity contribution in [3.05, 3.63) is 15.3 Å². The summed E-state index contributed by atoms with van der Waals surface area (Å²) >= 11 is 0. The van der Waals surface area contributed by atoms with Gasteiger partial charge in [-0.2, -0.15) is 0 Å². The minimum absolute atomic E-state index is 0. The van der Waals surface area contributed by atoms with Gasteiger partial charge in [0.2, 0.25) is 0 Å². The molecule has 0 aromatic heterocycles. The minimum Gasteiger partial charge on any atom is -0.412 e. The van der Waals surface area contributed by atoms with Crippen molar-refractivity contribution in [2.24, 2.45) is 0 Å². The normalized spacial score (nSPS) is 4.80. The molecule has 0 unspecified atom stereocenters. The highest BCUT2D eigenvalue weighted by molar-refractivity contribution is 4.03. The SMILES string of the molecule is O.O=[N+]([O-])[O-]. The zero-order valence-electron chi connectivity index (χ0n) is 2.17. The number of hydrogen-bond acceptors (Lipinski definition) is 3. The average Bonchev–Trinajstić information content (AvgIpc) is 0.811. The molecule has 0 heterocycles. The predicted octanol–water partition coefficient (Wildman–Crippen LogP) is -1.06. The largest absolute Gasteiger partial charge is 0.412 e. The molecule has 0 radical (unpaired) electrons. The lowest BCUT2D eigenvalue weighted by atomic mass is 13.1. The fourth-order valence-corrected chi connectivity index (χ4v) is 0. The van der Waals surface area contributed by atoms with Crippen LogP contribution < -0.4 is 0 Å². The van der Waals surface area contributed by atoms with E-state index in [-0.39, 0.29) is 5.48 Å². The maximum atomic E-state index is 8.25. The van der Waals surface area contributed by atoms with Crippen molar-refractivity contribution in [3.8, 4) is 0 Å². The Labute approximate surface area is 27.3 Å². The Morgan fingerprint density at radius 2 is 1.40 bits per heavy atom. The van der Waals surface area contributed by atoms with E-state index in [4.69, 9.17) is 15.3 Å². The molecule has 0 aliphatic heterocycles. The van der Waals surface area contributed by atoms with Crippen LogP contribution in [-0.4, -0.2) is 10.6 Å². The Bertz CT molecular complexity index is 26.6. The van der Waals surface area contributed by atoms with Crippen molar-refractivity contribution in [2.75, 3.05) is 0 Å². The molecule has 2 N–H and O–H groups in total. The summed E-state index contributed by atoms with van der Waals surface area (Å²) in [7, 11) is 0. The molecule has 0 bridgehead atoms. The lowest BCUT2D eigenvalue weighted by Gasteiger charge is -1.74. The molecule has 0 aliphatic carbocycles. The first-order chi connectivity index (χ1) is 1.73. The fraction of sp³-hybridized carbons (Fsp3) is 0. The second-order valence-corrected chi connectivity index (χ2v) is 0.224. The van der Waals surface area contributed by atoms with E-state index in [1.165, 1.54) is 0 Å². The van der Waals surface area contributed by atoms with Gasteiger partial charge in [0.05, 0.1) is 5.09 Å². The smallest absolute Gasteiger partial charge is 0.0689 e. The topological polar surface area (TPSA) is 97.7 Å². The van der Waals surface area contributed by atoms with Crippen LogP contribution in [-0.2, 0) is 0 Å². The molecule has 32 valence electrons. The van der Waals surface area contributed by atoms with Crippen molar-refractivity contribution >= 4 is 0 Å². The van der Waals surface area contributed by atoms with Gasteiger partial charge in [-0.15, -0.1) is 0 Å². The lowest BCUT2D eigenvalue weighted by Crippen LogP contribution is -1.74. The van der Waals surface area contributed by atoms with E-state index in [9.17, 15) is 0 Å². The molecule has 0 aromatic rings. The molecule has 5 nitrogen and oxygen atoms in total. The second-order valence-electron chi connectivity index (χ2n) is 0.224. The van der Waals surface area contributed by atoms with Crippen LogP contribution in [0.4, 0.5) is 0 Å². The van der Waals surface area contributed by atoms with Crippen molar-refractivity contribution in [1.82, 2.24) is 0 Å². The summed E-state index contributed by atoms with van der Waals surface area (Å²) in [6, 6.07) is 0. The molecule has 0 fully saturated rings. The van der Waals surface area contributed by atoms with Crippen LogP contribution in [0.1, 0.15) is 0 Å². The van der Waals surface area contributed by atoms with Gasteiger partial charge >= 0.3 is 0 Å². The van der Waals surface area contributed by atoms with Gasteiger partial charge in [-0.3, -0.25) is 0 Å². The summed E-state index contributed by atoms with van der Waals surface area (Å²) in [5.74, 6) is 0. The molecule has 0 saturated carbocycles. The predicted molar refractivity (Wildman–Crippen MR) is 14.0 cm³/mol. The third kappa shape index (κ3) is 6.03. The van der Waals surface area contributed by atoms with Crippen molar-refractivity contribution in [1.29, 1.82) is 0 Å². The van der Waals surface area contributed by atoms with Crippen molar-refractivity contribution in [2.45, 2.75) is 0 Å². The number of nitrogens with zero attached hydrogens (tertiary/aromatic N) is 1. The lowest BCUT2D eigenvalue weighted by molar-refractivity contribution is -0.402. The van der Waals surface area contributed by atoms with E-state index in [1.54, 1.807) is 0 Å². The highest BCUT2D eigenvalue weighted by Gasteiger charge is 1.45. The van der Waals surface area contributed by atoms with Crippen LogP contribution in [0.3, 0.4) is 0 Å². The Balaban J connectivity index is 0. The molecule has 0 saturated heterocycles. The number of hydrogen-bond donors (Lipinski definition) is 0. The van der Waals surface area contributed by atoms with Crippen LogP contribution >= 0.6 is 0 Å². The zero-order valence-corrected chi connectivity index (χ0v) is 2.17. The highest BCUT2D eigenvalue weighted by atomic mass is 16.9. The van der Waals surface area contributed by atoms with Crippen LogP contribution in [0, 0.1) is 15.3 Å². The van der Waals surface area contributed by atoms with Gasteiger partial charge in [0.25, 0.3) is 0 Å². The summed E-state index contributed by atoms with van der Waals surface area (Å²) in [5.41, 5.74) is 0. The van der Waals surface area contributed by atoms with Gasteiger partial charge in [0.1, 0.15) is 0 Å². The summed E-state index contributed by atoms with van der Waals surface area (Å²) in [4.78, 5) is 8.25. The van der Waals surface area contributed by atoms with E-state index >= 15 is 0 Å². The van der Waals surface area contributed by atoms with E-state index in [0.29, 0.717) is 0 Å². The molecule has 5 heteroatoms. The number of rotatable bonds is 0. The van der Waals surface area contributed by atoms with Gasteiger partial charge < -0.3 is 20.8 Å². The summed E-state index contributed by atoms with van der Waals surface area (Å²) in [6.45, 7) is 0. The zero-order chi connectivity index (χ0) is 3.58. The summed E-state index contributed by atoms with van der Waals surface area (Å²) in [6.07, 6.45) is 0. The van der Waals surface area contributed by atoms with Crippen molar-refractivity contribution < 1.29 is 10.6 Å². The molecule has 0 rings (SSSR count). The molecule has 0 aliphatic rings. The highest BCUT2D eigenvalue weighted by Crippen LogP contribution is 1.44. The Kier molecular flexibility index (Phi) is 5.63. The van der Waals surface area contributed by atoms with Gasteiger partial charge in [-0.25, -0.2) is 0 Å². The fourth-order valence-electron chi connectivity index (χ4n) is 0. The summed E-state index contributed by atoms with van der Waals surface area (Å²) < 4.78 is 0. The minimum atomic E-state index is -1.75. The molecule has 0 aromatic carbocycles. The quantitative estimate of drug-likeness (QED) is 0.274. The first-order valence-electron chi connectivity index (χ1n) is 0.548. The second kappa shape index (κ2) is 3.16. The van der Waals surface area contributed by atoms with Gasteiger partial charge in [-0.1, -0.05) is 0 Å². The maximum absolute atomic E-state index is 8.25.